The van der Waals surface area contributed by atoms with E-state index in [-0.39, 0.29) is 5.91 Å². The third-order valence-electron chi connectivity index (χ3n) is 4.29. The van der Waals surface area contributed by atoms with Gasteiger partial charge in [-0.2, -0.15) is 0 Å². The second-order valence-electron chi connectivity index (χ2n) is 5.36. The molecule has 0 bridgehead atoms. The van der Waals surface area contributed by atoms with E-state index in [4.69, 9.17) is 23.2 Å². The van der Waals surface area contributed by atoms with Crippen molar-refractivity contribution in [2.45, 2.75) is 38.1 Å². The SMILES string of the molecule is O=C(c1nc(Cl)ccc1Cl)N1CCC2CCCCC21. The number of amides is 1. The van der Waals surface area contributed by atoms with Crippen LogP contribution in [0.3, 0.4) is 0 Å². The van der Waals surface area contributed by atoms with Crippen molar-refractivity contribution < 1.29 is 4.79 Å². The smallest absolute Gasteiger partial charge is 0.274 e. The van der Waals surface area contributed by atoms with E-state index in [1.54, 1.807) is 12.1 Å². The third-order valence-corrected chi connectivity index (χ3v) is 4.80. The Balaban J connectivity index is 1.85. The summed E-state index contributed by atoms with van der Waals surface area (Å²) < 4.78 is 0. The number of fused-ring (bicyclic) bond motifs is 1. The molecule has 2 unspecified atom stereocenters. The Bertz CT molecular complexity index is 506. The number of likely N-dealkylation sites (tertiary alicyclic amines) is 1. The summed E-state index contributed by atoms with van der Waals surface area (Å²) in [5, 5.41) is 0.695. The maximum Gasteiger partial charge on any atom is 0.274 e. The molecule has 3 rings (SSSR count). The Morgan fingerprint density at radius 1 is 1.21 bits per heavy atom. The topological polar surface area (TPSA) is 33.2 Å². The molecule has 5 heteroatoms. The molecule has 0 spiro atoms. The van der Waals surface area contributed by atoms with E-state index >= 15 is 0 Å². The molecule has 2 aliphatic rings. The van der Waals surface area contributed by atoms with E-state index in [1.165, 1.54) is 19.3 Å². The van der Waals surface area contributed by atoms with Crippen LogP contribution in [0.1, 0.15) is 42.6 Å². The minimum absolute atomic E-state index is 0.0677. The van der Waals surface area contributed by atoms with E-state index in [9.17, 15) is 4.79 Å². The second kappa shape index (κ2) is 5.29. The van der Waals surface area contributed by atoms with Gasteiger partial charge in [-0.25, -0.2) is 4.98 Å². The van der Waals surface area contributed by atoms with Gasteiger partial charge < -0.3 is 4.90 Å². The standard InChI is InChI=1S/C14H16Cl2N2O/c15-10-5-6-12(16)17-13(10)14(19)18-8-7-9-3-1-2-4-11(9)18/h5-6,9,11H,1-4,7-8H2. The summed E-state index contributed by atoms with van der Waals surface area (Å²) in [7, 11) is 0. The number of aromatic nitrogens is 1. The van der Waals surface area contributed by atoms with Crippen molar-refractivity contribution >= 4 is 29.1 Å². The van der Waals surface area contributed by atoms with Crippen LogP contribution in [-0.4, -0.2) is 28.4 Å². The predicted molar refractivity (Wildman–Crippen MR) is 75.7 cm³/mol. The average molecular weight is 299 g/mol. The zero-order valence-electron chi connectivity index (χ0n) is 10.6. The minimum atomic E-state index is -0.0677. The van der Waals surface area contributed by atoms with Gasteiger partial charge in [-0.3, -0.25) is 4.79 Å². The van der Waals surface area contributed by atoms with Gasteiger partial charge in [-0.05, 0) is 37.3 Å². The molecule has 0 radical (unpaired) electrons. The molecule has 102 valence electrons. The average Bonchev–Trinajstić information content (AvgIpc) is 2.84. The maximum absolute atomic E-state index is 12.6. The molecule has 19 heavy (non-hydrogen) atoms. The number of halogens is 2. The lowest BCUT2D eigenvalue weighted by Crippen LogP contribution is -2.39. The van der Waals surface area contributed by atoms with Crippen molar-refractivity contribution in [1.29, 1.82) is 0 Å². The molecule has 2 atom stereocenters. The van der Waals surface area contributed by atoms with Gasteiger partial charge in [0.2, 0.25) is 0 Å². The van der Waals surface area contributed by atoms with E-state index in [2.05, 4.69) is 4.98 Å². The normalized spacial score (nSPS) is 26.3. The molecule has 1 amide bonds. The first-order valence-corrected chi connectivity index (χ1v) is 7.55. The van der Waals surface area contributed by atoms with Crippen LogP contribution in [0, 0.1) is 5.92 Å². The molecule has 1 aromatic rings. The summed E-state index contributed by atoms with van der Waals surface area (Å²) in [5.74, 6) is 0.595. The lowest BCUT2D eigenvalue weighted by atomic mass is 9.85. The summed E-state index contributed by atoms with van der Waals surface area (Å²) in [6, 6.07) is 3.62. The Morgan fingerprint density at radius 3 is 2.84 bits per heavy atom. The van der Waals surface area contributed by atoms with Crippen molar-refractivity contribution in [1.82, 2.24) is 9.88 Å². The number of hydrogen-bond acceptors (Lipinski definition) is 2. The lowest BCUT2D eigenvalue weighted by Gasteiger charge is -2.31. The number of hydrogen-bond donors (Lipinski definition) is 0. The molecule has 3 nitrogen and oxygen atoms in total. The first-order chi connectivity index (χ1) is 9.16. The van der Waals surface area contributed by atoms with E-state index in [0.717, 1.165) is 19.4 Å². The Kier molecular flexibility index (Phi) is 3.68. The molecule has 2 heterocycles. The highest BCUT2D eigenvalue weighted by Gasteiger charge is 2.39. The fourth-order valence-electron chi connectivity index (χ4n) is 3.36. The monoisotopic (exact) mass is 298 g/mol. The number of rotatable bonds is 1. The fraction of sp³-hybridized carbons (Fsp3) is 0.571. The predicted octanol–water partition coefficient (Wildman–Crippen LogP) is 3.79. The second-order valence-corrected chi connectivity index (χ2v) is 6.16. The highest BCUT2D eigenvalue weighted by Crippen LogP contribution is 2.37. The Labute approximate surface area is 122 Å². The summed E-state index contributed by atoms with van der Waals surface area (Å²) in [6.07, 6.45) is 5.95. The Hall–Kier alpha value is -0.800. The highest BCUT2D eigenvalue weighted by atomic mass is 35.5. The van der Waals surface area contributed by atoms with Crippen LogP contribution in [0.25, 0.3) is 0 Å². The molecule has 0 aromatic carbocycles. The quantitative estimate of drug-likeness (QED) is 0.739. The number of pyridine rings is 1. The minimum Gasteiger partial charge on any atom is -0.334 e. The van der Waals surface area contributed by atoms with Crippen molar-refractivity contribution in [3.8, 4) is 0 Å². The van der Waals surface area contributed by atoms with Crippen LogP contribution in [0.15, 0.2) is 12.1 Å². The summed E-state index contributed by atoms with van der Waals surface area (Å²) in [5.41, 5.74) is 0.292. The van der Waals surface area contributed by atoms with Gasteiger partial charge in [-0.15, -0.1) is 0 Å². The maximum atomic E-state index is 12.6. The zero-order valence-corrected chi connectivity index (χ0v) is 12.1. The number of nitrogens with zero attached hydrogens (tertiary/aromatic N) is 2. The van der Waals surface area contributed by atoms with Crippen molar-refractivity contribution in [2.75, 3.05) is 6.54 Å². The number of carbonyl (C=O) groups is 1. The molecule has 1 aliphatic carbocycles. The van der Waals surface area contributed by atoms with Crippen LogP contribution < -0.4 is 0 Å². The molecule has 1 saturated heterocycles. The van der Waals surface area contributed by atoms with Gasteiger partial charge in [0.1, 0.15) is 10.8 Å². The van der Waals surface area contributed by atoms with Crippen LogP contribution in [0.5, 0.6) is 0 Å². The van der Waals surface area contributed by atoms with Gasteiger partial charge in [0.25, 0.3) is 5.91 Å². The Morgan fingerprint density at radius 2 is 2.00 bits per heavy atom. The largest absolute Gasteiger partial charge is 0.334 e. The third kappa shape index (κ3) is 2.46. The van der Waals surface area contributed by atoms with Crippen molar-refractivity contribution in [2.24, 2.45) is 5.92 Å². The molecular formula is C14H16Cl2N2O. The first-order valence-electron chi connectivity index (χ1n) is 6.80. The van der Waals surface area contributed by atoms with Gasteiger partial charge in [0.05, 0.1) is 5.02 Å². The molecule has 0 N–H and O–H groups in total. The van der Waals surface area contributed by atoms with Crippen LogP contribution in [0.2, 0.25) is 10.2 Å². The molecule has 2 fully saturated rings. The summed E-state index contributed by atoms with van der Waals surface area (Å²) in [6.45, 7) is 0.818. The van der Waals surface area contributed by atoms with Gasteiger partial charge in [0, 0.05) is 12.6 Å². The van der Waals surface area contributed by atoms with Crippen LogP contribution in [-0.2, 0) is 0 Å². The molecule has 1 aliphatic heterocycles. The van der Waals surface area contributed by atoms with Crippen molar-refractivity contribution in [3.63, 3.8) is 0 Å². The van der Waals surface area contributed by atoms with Gasteiger partial charge in [0.15, 0.2) is 0 Å². The van der Waals surface area contributed by atoms with Crippen LogP contribution in [0.4, 0.5) is 0 Å². The van der Waals surface area contributed by atoms with Gasteiger partial charge >= 0.3 is 0 Å². The highest BCUT2D eigenvalue weighted by molar-refractivity contribution is 6.34. The van der Waals surface area contributed by atoms with Gasteiger partial charge in [-0.1, -0.05) is 36.0 Å². The molecule has 1 aromatic heterocycles. The van der Waals surface area contributed by atoms with E-state index in [1.807, 2.05) is 4.90 Å². The fourth-order valence-corrected chi connectivity index (χ4v) is 3.70. The summed E-state index contributed by atoms with van der Waals surface area (Å²) >= 11 is 11.9. The summed E-state index contributed by atoms with van der Waals surface area (Å²) in [4.78, 5) is 18.6. The van der Waals surface area contributed by atoms with E-state index < -0.39 is 0 Å². The molecule has 1 saturated carbocycles. The van der Waals surface area contributed by atoms with Crippen LogP contribution >= 0.6 is 23.2 Å². The van der Waals surface area contributed by atoms with E-state index in [0.29, 0.717) is 27.8 Å². The number of carbonyl (C=O) groups excluding carboxylic acids is 1. The first kappa shape index (κ1) is 13.2. The zero-order chi connectivity index (χ0) is 13.4. The van der Waals surface area contributed by atoms with Crippen molar-refractivity contribution in [3.05, 3.63) is 28.0 Å². The molecular weight excluding hydrogens is 283 g/mol. The lowest BCUT2D eigenvalue weighted by molar-refractivity contribution is 0.0684.